The predicted molar refractivity (Wildman–Crippen MR) is 55.0 cm³/mol. The molecule has 0 saturated heterocycles. The summed E-state index contributed by atoms with van der Waals surface area (Å²) in [4.78, 5) is 1.89. The van der Waals surface area contributed by atoms with Gasteiger partial charge in [-0.2, -0.15) is 0 Å². The fraction of sp³-hybridized carbons (Fsp3) is 1.00. The molecule has 0 aromatic heterocycles. The highest BCUT2D eigenvalue weighted by Crippen LogP contribution is 2.34. The molecule has 1 aliphatic rings. The fourth-order valence-electron chi connectivity index (χ4n) is 2.06. The van der Waals surface area contributed by atoms with E-state index in [0.29, 0.717) is 25.8 Å². The van der Waals surface area contributed by atoms with Gasteiger partial charge in [-0.15, -0.1) is 0 Å². The van der Waals surface area contributed by atoms with Crippen molar-refractivity contribution >= 4 is 0 Å². The third kappa shape index (κ3) is 4.01. The maximum atomic E-state index is 13.1. The Labute approximate surface area is 89.6 Å². The summed E-state index contributed by atoms with van der Waals surface area (Å²) in [7, 11) is 1.83. The second-order valence-corrected chi connectivity index (χ2v) is 4.53. The summed E-state index contributed by atoms with van der Waals surface area (Å²) in [6, 6.07) is 0.134. The highest BCUT2D eigenvalue weighted by atomic mass is 19.3. The zero-order valence-electron chi connectivity index (χ0n) is 9.48. The molecule has 1 unspecified atom stereocenters. The summed E-state index contributed by atoms with van der Waals surface area (Å²) < 4.78 is 38.9. The van der Waals surface area contributed by atoms with Crippen LogP contribution in [0.2, 0.25) is 0 Å². The number of hydrogen-bond donors (Lipinski definition) is 0. The number of rotatable bonds is 4. The number of alkyl halides is 3. The van der Waals surface area contributed by atoms with Gasteiger partial charge in [0.15, 0.2) is 0 Å². The van der Waals surface area contributed by atoms with E-state index >= 15 is 0 Å². The van der Waals surface area contributed by atoms with Crippen LogP contribution in [0.1, 0.15) is 39.0 Å². The summed E-state index contributed by atoms with van der Waals surface area (Å²) in [6.07, 6.45) is 0.529. The van der Waals surface area contributed by atoms with Gasteiger partial charge in [-0.3, -0.25) is 0 Å². The van der Waals surface area contributed by atoms with Crippen LogP contribution in [-0.4, -0.2) is 36.6 Å². The molecule has 1 saturated carbocycles. The van der Waals surface area contributed by atoms with Crippen LogP contribution in [0.3, 0.4) is 0 Å². The highest BCUT2D eigenvalue weighted by molar-refractivity contribution is 4.82. The van der Waals surface area contributed by atoms with Crippen LogP contribution >= 0.6 is 0 Å². The lowest BCUT2D eigenvalue weighted by molar-refractivity contribution is -0.0526. The molecule has 0 radical (unpaired) electrons. The fourth-order valence-corrected chi connectivity index (χ4v) is 2.06. The van der Waals surface area contributed by atoms with E-state index in [9.17, 15) is 13.2 Å². The first kappa shape index (κ1) is 12.8. The quantitative estimate of drug-likeness (QED) is 0.707. The molecule has 0 heterocycles. The van der Waals surface area contributed by atoms with Gasteiger partial charge >= 0.3 is 0 Å². The van der Waals surface area contributed by atoms with E-state index in [1.165, 1.54) is 0 Å². The lowest BCUT2D eigenvalue weighted by atomic mass is 9.91. The lowest BCUT2D eigenvalue weighted by Gasteiger charge is -2.35. The average Bonchev–Trinajstić information content (AvgIpc) is 2.17. The first-order valence-corrected chi connectivity index (χ1v) is 5.67. The molecule has 0 bridgehead atoms. The lowest BCUT2D eigenvalue weighted by Crippen LogP contribution is -2.41. The van der Waals surface area contributed by atoms with Gasteiger partial charge in [-0.05, 0) is 26.3 Å². The van der Waals surface area contributed by atoms with Gasteiger partial charge in [0.25, 0.3) is 0 Å². The monoisotopic (exact) mass is 223 g/mol. The SMILES string of the molecule is CCC(F)CN(C)C1CCC(F)(F)CC1. The summed E-state index contributed by atoms with van der Waals surface area (Å²) >= 11 is 0. The largest absolute Gasteiger partial charge is 0.301 e. The zero-order valence-corrected chi connectivity index (χ0v) is 9.48. The third-order valence-corrected chi connectivity index (χ3v) is 3.24. The third-order valence-electron chi connectivity index (χ3n) is 3.24. The molecule has 1 fully saturated rings. The maximum Gasteiger partial charge on any atom is 0.248 e. The number of hydrogen-bond acceptors (Lipinski definition) is 1. The molecule has 0 aliphatic heterocycles. The molecule has 1 rings (SSSR count). The van der Waals surface area contributed by atoms with E-state index in [1.807, 2.05) is 11.9 Å². The molecule has 0 aromatic rings. The molecule has 15 heavy (non-hydrogen) atoms. The summed E-state index contributed by atoms with van der Waals surface area (Å²) in [6.45, 7) is 2.17. The van der Waals surface area contributed by atoms with E-state index < -0.39 is 12.1 Å². The van der Waals surface area contributed by atoms with Gasteiger partial charge < -0.3 is 4.90 Å². The molecular weight excluding hydrogens is 203 g/mol. The Hall–Kier alpha value is -0.250. The Morgan fingerprint density at radius 2 is 1.87 bits per heavy atom. The highest BCUT2D eigenvalue weighted by Gasteiger charge is 2.36. The van der Waals surface area contributed by atoms with Gasteiger partial charge in [0.1, 0.15) is 6.17 Å². The van der Waals surface area contributed by atoms with E-state index in [2.05, 4.69) is 0 Å². The molecule has 0 amide bonds. The molecule has 0 spiro atoms. The van der Waals surface area contributed by atoms with Crippen LogP contribution in [0.5, 0.6) is 0 Å². The first-order chi connectivity index (χ1) is 6.94. The van der Waals surface area contributed by atoms with Crippen LogP contribution in [0.15, 0.2) is 0 Å². The van der Waals surface area contributed by atoms with Crippen LogP contribution in [0, 0.1) is 0 Å². The van der Waals surface area contributed by atoms with Crippen LogP contribution in [0.4, 0.5) is 13.2 Å². The number of nitrogens with zero attached hydrogens (tertiary/aromatic N) is 1. The summed E-state index contributed by atoms with van der Waals surface area (Å²) in [5.74, 6) is -2.49. The molecule has 1 atom stereocenters. The van der Waals surface area contributed by atoms with Crippen molar-refractivity contribution < 1.29 is 13.2 Å². The van der Waals surface area contributed by atoms with Gasteiger partial charge in [0.05, 0.1) is 0 Å². The van der Waals surface area contributed by atoms with E-state index in [4.69, 9.17) is 0 Å². The van der Waals surface area contributed by atoms with Gasteiger partial charge in [0, 0.05) is 25.4 Å². The molecule has 1 nitrogen and oxygen atoms in total. The van der Waals surface area contributed by atoms with Crippen LogP contribution in [0.25, 0.3) is 0 Å². The van der Waals surface area contributed by atoms with Crippen molar-refractivity contribution in [3.8, 4) is 0 Å². The minimum Gasteiger partial charge on any atom is -0.301 e. The maximum absolute atomic E-state index is 13.1. The van der Waals surface area contributed by atoms with E-state index in [0.717, 1.165) is 0 Å². The topological polar surface area (TPSA) is 3.24 Å². The minimum atomic E-state index is -2.49. The Bertz CT molecular complexity index is 186. The minimum absolute atomic E-state index is 0.0505. The standard InChI is InChI=1S/C11H20F3N/c1-3-9(12)8-15(2)10-4-6-11(13,14)7-5-10/h9-10H,3-8H2,1-2H3. The Balaban J connectivity index is 2.33. The Morgan fingerprint density at radius 1 is 1.33 bits per heavy atom. The second-order valence-electron chi connectivity index (χ2n) is 4.53. The summed E-state index contributed by atoms with van der Waals surface area (Å²) in [5, 5.41) is 0. The Kier molecular flexibility index (Phi) is 4.44. The molecular formula is C11H20F3N. The van der Waals surface area contributed by atoms with Crippen molar-refractivity contribution in [1.82, 2.24) is 4.90 Å². The summed E-state index contributed by atoms with van der Waals surface area (Å²) in [5.41, 5.74) is 0. The van der Waals surface area contributed by atoms with Crippen molar-refractivity contribution in [2.45, 2.75) is 57.2 Å². The van der Waals surface area contributed by atoms with Crippen molar-refractivity contribution in [2.75, 3.05) is 13.6 Å². The van der Waals surface area contributed by atoms with Gasteiger partial charge in [0.2, 0.25) is 5.92 Å². The molecule has 0 N–H and O–H groups in total. The van der Waals surface area contributed by atoms with Gasteiger partial charge in [-0.1, -0.05) is 6.92 Å². The second kappa shape index (κ2) is 5.19. The zero-order chi connectivity index (χ0) is 11.5. The van der Waals surface area contributed by atoms with Crippen molar-refractivity contribution in [3.63, 3.8) is 0 Å². The van der Waals surface area contributed by atoms with Gasteiger partial charge in [-0.25, -0.2) is 13.2 Å². The molecule has 4 heteroatoms. The normalized spacial score (nSPS) is 24.4. The molecule has 1 aliphatic carbocycles. The van der Waals surface area contributed by atoms with Crippen molar-refractivity contribution in [2.24, 2.45) is 0 Å². The molecule has 90 valence electrons. The number of halogens is 3. The predicted octanol–water partition coefficient (Wildman–Crippen LogP) is 3.24. The van der Waals surface area contributed by atoms with Crippen molar-refractivity contribution in [3.05, 3.63) is 0 Å². The first-order valence-electron chi connectivity index (χ1n) is 5.67. The average molecular weight is 223 g/mol. The van der Waals surface area contributed by atoms with Crippen LogP contribution < -0.4 is 0 Å². The van der Waals surface area contributed by atoms with Crippen LogP contribution in [-0.2, 0) is 0 Å². The van der Waals surface area contributed by atoms with Crippen molar-refractivity contribution in [1.29, 1.82) is 0 Å². The Morgan fingerprint density at radius 3 is 2.33 bits per heavy atom. The van der Waals surface area contributed by atoms with E-state index in [-0.39, 0.29) is 18.9 Å². The smallest absolute Gasteiger partial charge is 0.248 e. The molecule has 0 aromatic carbocycles. The van der Waals surface area contributed by atoms with E-state index in [1.54, 1.807) is 6.92 Å².